The molecule has 0 aliphatic carbocycles. The van der Waals surface area contributed by atoms with Crippen molar-refractivity contribution in [1.82, 2.24) is 41.0 Å². The zero-order valence-electron chi connectivity index (χ0n) is 27.6. The van der Waals surface area contributed by atoms with Gasteiger partial charge >= 0.3 is 0 Å². The SMILES string of the molecule is CC[C@@H]1NC(=O)[C@@H](NC(=O)c2cn(C)cn2)CCCCNC(=O)[C@@H]2CCCN2C(=O)[C@@H](Cc2ccccc2)NC(=O)[C@H]([C@@H](C)O)NC1=O. The van der Waals surface area contributed by atoms with Crippen molar-refractivity contribution in [3.05, 3.63) is 54.1 Å². The van der Waals surface area contributed by atoms with Gasteiger partial charge in [-0.25, -0.2) is 4.98 Å². The van der Waals surface area contributed by atoms with Gasteiger partial charge in [-0.3, -0.25) is 28.8 Å². The summed E-state index contributed by atoms with van der Waals surface area (Å²) in [6.07, 6.45) is 4.06. The van der Waals surface area contributed by atoms with E-state index in [9.17, 15) is 33.9 Å². The molecule has 15 heteroatoms. The van der Waals surface area contributed by atoms with Crippen LogP contribution in [0.4, 0.5) is 0 Å². The maximum absolute atomic E-state index is 14.0. The quantitative estimate of drug-likeness (QED) is 0.232. The zero-order valence-corrected chi connectivity index (χ0v) is 27.6. The number of aromatic nitrogens is 2. The van der Waals surface area contributed by atoms with E-state index in [0.717, 1.165) is 5.56 Å². The Morgan fingerprint density at radius 2 is 1.69 bits per heavy atom. The molecule has 48 heavy (non-hydrogen) atoms. The van der Waals surface area contributed by atoms with Gasteiger partial charge in [0, 0.05) is 32.8 Å². The van der Waals surface area contributed by atoms with E-state index in [1.54, 1.807) is 18.5 Å². The van der Waals surface area contributed by atoms with E-state index in [1.807, 2.05) is 30.3 Å². The molecule has 6 amide bonds. The van der Waals surface area contributed by atoms with Crippen molar-refractivity contribution in [3.63, 3.8) is 0 Å². The second-order valence-corrected chi connectivity index (χ2v) is 12.4. The number of hydrogen-bond acceptors (Lipinski definition) is 8. The maximum Gasteiger partial charge on any atom is 0.272 e. The molecular formula is C33H46N8O7. The van der Waals surface area contributed by atoms with Crippen molar-refractivity contribution in [1.29, 1.82) is 0 Å². The molecule has 0 bridgehead atoms. The minimum Gasteiger partial charge on any atom is -0.391 e. The number of aliphatic hydroxyl groups excluding tert-OH is 1. The predicted octanol–water partition coefficient (Wildman–Crippen LogP) is -0.702. The Hall–Kier alpha value is -4.79. The molecule has 260 valence electrons. The van der Waals surface area contributed by atoms with Gasteiger partial charge in [-0.1, -0.05) is 37.3 Å². The molecule has 1 aromatic heterocycles. The number of aryl methyl sites for hydroxylation is 1. The first-order valence-corrected chi connectivity index (χ1v) is 16.5. The lowest BCUT2D eigenvalue weighted by Crippen LogP contribution is -2.61. The standard InChI is InChI=1S/C33H46N8O7/c1-4-22-28(43)39-27(20(2)42)32(47)38-24(17-21-11-6-5-7-12-21)33(48)41-16-10-14-26(41)31(46)34-15-9-8-13-23(29(44)36-22)37-30(45)25-18-40(3)19-35-25/h5-7,11-12,18-20,22-24,26-27,42H,4,8-10,13-17H2,1-3H3,(H,34,46)(H,36,44)(H,37,45)(H,38,47)(H,39,43)/t20-,22+,23+,24-,26+,27+/m1/s1. The van der Waals surface area contributed by atoms with E-state index in [0.29, 0.717) is 32.2 Å². The molecule has 2 aromatic rings. The summed E-state index contributed by atoms with van der Waals surface area (Å²) in [6, 6.07) is 3.67. The minimum absolute atomic E-state index is 0.116. The van der Waals surface area contributed by atoms with Crippen LogP contribution >= 0.6 is 0 Å². The monoisotopic (exact) mass is 666 g/mol. The first-order chi connectivity index (χ1) is 23.0. The van der Waals surface area contributed by atoms with E-state index in [2.05, 4.69) is 31.6 Å². The van der Waals surface area contributed by atoms with E-state index in [-0.39, 0.29) is 37.4 Å². The summed E-state index contributed by atoms with van der Waals surface area (Å²) in [5, 5.41) is 24.1. The van der Waals surface area contributed by atoms with Gasteiger partial charge in [0.25, 0.3) is 5.91 Å². The maximum atomic E-state index is 14.0. The third kappa shape index (κ3) is 9.40. The van der Waals surface area contributed by atoms with Crippen molar-refractivity contribution in [3.8, 4) is 0 Å². The van der Waals surface area contributed by atoms with Gasteiger partial charge in [-0.15, -0.1) is 0 Å². The zero-order chi connectivity index (χ0) is 34.8. The minimum atomic E-state index is -1.46. The molecule has 2 aliphatic heterocycles. The molecule has 3 heterocycles. The number of hydrogen-bond donors (Lipinski definition) is 6. The van der Waals surface area contributed by atoms with Crippen LogP contribution in [-0.2, 0) is 37.4 Å². The molecule has 0 saturated carbocycles. The molecule has 0 unspecified atom stereocenters. The molecular weight excluding hydrogens is 620 g/mol. The molecule has 6 atom stereocenters. The van der Waals surface area contributed by atoms with Gasteiger partial charge in [-0.2, -0.15) is 0 Å². The highest BCUT2D eigenvalue weighted by Gasteiger charge is 2.39. The van der Waals surface area contributed by atoms with Crippen molar-refractivity contribution in [2.24, 2.45) is 7.05 Å². The summed E-state index contributed by atoms with van der Waals surface area (Å²) in [7, 11) is 1.71. The molecule has 2 fully saturated rings. The molecule has 6 N–H and O–H groups in total. The van der Waals surface area contributed by atoms with Gasteiger partial charge in [0.15, 0.2) is 0 Å². The molecule has 2 aliphatic rings. The fraction of sp³-hybridized carbons (Fsp3) is 0.545. The summed E-state index contributed by atoms with van der Waals surface area (Å²) >= 11 is 0. The van der Waals surface area contributed by atoms with Crippen LogP contribution in [0.1, 0.15) is 68.4 Å². The summed E-state index contributed by atoms with van der Waals surface area (Å²) < 4.78 is 1.60. The van der Waals surface area contributed by atoms with Crippen LogP contribution in [0.2, 0.25) is 0 Å². The van der Waals surface area contributed by atoms with Gasteiger partial charge in [0.1, 0.15) is 35.9 Å². The van der Waals surface area contributed by atoms with E-state index >= 15 is 0 Å². The topological polar surface area (TPSA) is 204 Å². The Labute approximate surface area is 279 Å². The third-order valence-corrected chi connectivity index (χ3v) is 8.62. The summed E-state index contributed by atoms with van der Waals surface area (Å²) in [5.74, 6) is -3.46. The Bertz CT molecular complexity index is 1460. The summed E-state index contributed by atoms with van der Waals surface area (Å²) in [6.45, 7) is 3.61. The Balaban J connectivity index is 1.61. The lowest BCUT2D eigenvalue weighted by atomic mass is 10.0. The average Bonchev–Trinajstić information content (AvgIpc) is 3.74. The normalized spacial score (nSPS) is 25.7. The number of rotatable bonds is 6. The number of nitrogens with zero attached hydrogens (tertiary/aromatic N) is 3. The average molecular weight is 667 g/mol. The van der Waals surface area contributed by atoms with Gasteiger partial charge < -0.3 is 41.2 Å². The molecule has 0 radical (unpaired) electrons. The highest BCUT2D eigenvalue weighted by Crippen LogP contribution is 2.20. The highest BCUT2D eigenvalue weighted by molar-refractivity contribution is 5.98. The third-order valence-electron chi connectivity index (χ3n) is 8.62. The molecule has 1 aromatic carbocycles. The van der Waals surface area contributed by atoms with Crippen LogP contribution in [0.5, 0.6) is 0 Å². The van der Waals surface area contributed by atoms with Crippen LogP contribution in [0.15, 0.2) is 42.9 Å². The predicted molar refractivity (Wildman–Crippen MR) is 174 cm³/mol. The van der Waals surface area contributed by atoms with Crippen molar-refractivity contribution >= 4 is 35.4 Å². The first kappa shape index (κ1) is 36.1. The van der Waals surface area contributed by atoms with Crippen LogP contribution in [0, 0.1) is 0 Å². The second-order valence-electron chi connectivity index (χ2n) is 12.4. The van der Waals surface area contributed by atoms with E-state index in [4.69, 9.17) is 0 Å². The highest BCUT2D eigenvalue weighted by atomic mass is 16.3. The fourth-order valence-electron chi connectivity index (χ4n) is 5.93. The van der Waals surface area contributed by atoms with Crippen LogP contribution < -0.4 is 26.6 Å². The number of imidazole rings is 1. The number of amides is 6. The molecule has 2 saturated heterocycles. The van der Waals surface area contributed by atoms with Gasteiger partial charge in [0.05, 0.1) is 12.4 Å². The van der Waals surface area contributed by atoms with Crippen molar-refractivity contribution < 1.29 is 33.9 Å². The van der Waals surface area contributed by atoms with Crippen molar-refractivity contribution in [2.45, 2.75) is 95.1 Å². The lowest BCUT2D eigenvalue weighted by molar-refractivity contribution is -0.142. The largest absolute Gasteiger partial charge is 0.391 e. The number of carbonyl (C=O) groups excluding carboxylic acids is 6. The van der Waals surface area contributed by atoms with Crippen LogP contribution in [0.25, 0.3) is 0 Å². The van der Waals surface area contributed by atoms with E-state index in [1.165, 1.54) is 24.3 Å². The second kappa shape index (κ2) is 16.9. The van der Waals surface area contributed by atoms with Gasteiger partial charge in [-0.05, 0) is 51.0 Å². The number of nitrogens with one attached hydrogen (secondary N) is 5. The van der Waals surface area contributed by atoms with Crippen LogP contribution in [0.3, 0.4) is 0 Å². The number of fused-ring (bicyclic) bond motifs is 1. The molecule has 0 spiro atoms. The number of carbonyl (C=O) groups is 6. The Morgan fingerprint density at radius 1 is 0.958 bits per heavy atom. The number of aliphatic hydroxyl groups is 1. The first-order valence-electron chi connectivity index (χ1n) is 16.5. The fourth-order valence-corrected chi connectivity index (χ4v) is 5.93. The lowest BCUT2D eigenvalue weighted by Gasteiger charge is -2.30. The Morgan fingerprint density at radius 3 is 2.35 bits per heavy atom. The number of benzene rings is 1. The molecule has 4 rings (SSSR count). The van der Waals surface area contributed by atoms with Gasteiger partial charge in [0.2, 0.25) is 29.5 Å². The van der Waals surface area contributed by atoms with Crippen molar-refractivity contribution in [2.75, 3.05) is 13.1 Å². The summed E-state index contributed by atoms with van der Waals surface area (Å²) in [4.78, 5) is 86.2. The smallest absolute Gasteiger partial charge is 0.272 e. The van der Waals surface area contributed by atoms with E-state index < -0.39 is 65.8 Å². The molecule has 15 nitrogen and oxygen atoms in total. The Kier molecular flexibility index (Phi) is 12.7. The van der Waals surface area contributed by atoms with Crippen LogP contribution in [-0.4, -0.2) is 104 Å². The summed E-state index contributed by atoms with van der Waals surface area (Å²) in [5.41, 5.74) is 0.885.